The van der Waals surface area contributed by atoms with Crippen molar-refractivity contribution in [3.05, 3.63) is 41.3 Å². The SMILES string of the molecule is O=C(CC1CCCC1)NC1CCN(C(=O)/C=C/c2c(Cl)nc3ccccn23)CC1. The van der Waals surface area contributed by atoms with Crippen molar-refractivity contribution < 1.29 is 9.59 Å². The highest BCUT2D eigenvalue weighted by atomic mass is 35.5. The second-order valence-corrected chi connectivity index (χ2v) is 8.43. The molecule has 0 spiro atoms. The van der Waals surface area contributed by atoms with E-state index in [1.54, 1.807) is 12.2 Å². The van der Waals surface area contributed by atoms with Gasteiger partial charge in [0.25, 0.3) is 0 Å². The molecule has 1 saturated heterocycles. The largest absolute Gasteiger partial charge is 0.353 e. The van der Waals surface area contributed by atoms with Crippen LogP contribution in [0.3, 0.4) is 0 Å². The first-order valence-corrected chi connectivity index (χ1v) is 10.9. The zero-order valence-corrected chi connectivity index (χ0v) is 17.3. The molecule has 29 heavy (non-hydrogen) atoms. The summed E-state index contributed by atoms with van der Waals surface area (Å²) in [6.07, 6.45) is 12.3. The van der Waals surface area contributed by atoms with Gasteiger partial charge in [-0.2, -0.15) is 0 Å². The van der Waals surface area contributed by atoms with Crippen LogP contribution in [-0.4, -0.2) is 45.2 Å². The summed E-state index contributed by atoms with van der Waals surface area (Å²) in [6, 6.07) is 5.84. The summed E-state index contributed by atoms with van der Waals surface area (Å²) in [6.45, 7) is 1.30. The number of amides is 2. The van der Waals surface area contributed by atoms with E-state index in [2.05, 4.69) is 10.3 Å². The van der Waals surface area contributed by atoms with Crippen molar-refractivity contribution in [2.24, 2.45) is 5.92 Å². The lowest BCUT2D eigenvalue weighted by Gasteiger charge is -2.32. The molecule has 0 radical (unpaired) electrons. The van der Waals surface area contributed by atoms with Crippen molar-refractivity contribution in [2.75, 3.05) is 13.1 Å². The Morgan fingerprint density at radius 2 is 1.93 bits per heavy atom. The molecular formula is C22H27ClN4O2. The number of carbonyl (C=O) groups excluding carboxylic acids is 2. The summed E-state index contributed by atoms with van der Waals surface area (Å²) < 4.78 is 1.86. The number of imidazole rings is 1. The van der Waals surface area contributed by atoms with E-state index in [1.807, 2.05) is 33.7 Å². The molecule has 0 atom stereocenters. The Hall–Kier alpha value is -2.34. The minimum absolute atomic E-state index is 0.0392. The van der Waals surface area contributed by atoms with Gasteiger partial charge in [0.05, 0.1) is 5.69 Å². The molecule has 154 valence electrons. The number of pyridine rings is 1. The van der Waals surface area contributed by atoms with Crippen LogP contribution in [-0.2, 0) is 9.59 Å². The molecule has 2 aromatic heterocycles. The first-order chi connectivity index (χ1) is 14.1. The molecule has 0 bridgehead atoms. The fourth-order valence-electron chi connectivity index (χ4n) is 4.40. The third-order valence-electron chi connectivity index (χ3n) is 6.03. The zero-order chi connectivity index (χ0) is 20.2. The molecule has 2 amide bonds. The number of piperidine rings is 1. The lowest BCUT2D eigenvalue weighted by molar-refractivity contribution is -0.127. The van der Waals surface area contributed by atoms with Gasteiger partial charge in [0.15, 0.2) is 5.15 Å². The van der Waals surface area contributed by atoms with Crippen molar-refractivity contribution in [3.63, 3.8) is 0 Å². The van der Waals surface area contributed by atoms with Crippen LogP contribution >= 0.6 is 11.6 Å². The van der Waals surface area contributed by atoms with Gasteiger partial charge >= 0.3 is 0 Å². The predicted molar refractivity (Wildman–Crippen MR) is 114 cm³/mol. The van der Waals surface area contributed by atoms with Gasteiger partial charge in [0.2, 0.25) is 11.8 Å². The second-order valence-electron chi connectivity index (χ2n) is 8.07. The van der Waals surface area contributed by atoms with E-state index >= 15 is 0 Å². The summed E-state index contributed by atoms with van der Waals surface area (Å²) >= 11 is 6.22. The van der Waals surface area contributed by atoms with Gasteiger partial charge < -0.3 is 10.2 Å². The zero-order valence-electron chi connectivity index (χ0n) is 16.5. The van der Waals surface area contributed by atoms with Crippen molar-refractivity contribution in [3.8, 4) is 0 Å². The maximum Gasteiger partial charge on any atom is 0.246 e. The third-order valence-corrected chi connectivity index (χ3v) is 6.30. The number of fused-ring (bicyclic) bond motifs is 1. The molecule has 2 aromatic rings. The quantitative estimate of drug-likeness (QED) is 0.759. The third kappa shape index (κ3) is 4.81. The Kier molecular flexibility index (Phi) is 6.19. The first-order valence-electron chi connectivity index (χ1n) is 10.5. The Bertz CT molecular complexity index is 909. The number of likely N-dealkylation sites (tertiary alicyclic amines) is 1. The number of hydrogen-bond acceptors (Lipinski definition) is 3. The number of rotatable bonds is 5. The van der Waals surface area contributed by atoms with Crippen molar-refractivity contribution in [1.82, 2.24) is 19.6 Å². The van der Waals surface area contributed by atoms with Gasteiger partial charge in [-0.1, -0.05) is 30.5 Å². The van der Waals surface area contributed by atoms with Crippen LogP contribution in [0.25, 0.3) is 11.7 Å². The van der Waals surface area contributed by atoms with Crippen molar-refractivity contribution in [1.29, 1.82) is 0 Å². The molecule has 0 aromatic carbocycles. The van der Waals surface area contributed by atoms with E-state index in [-0.39, 0.29) is 17.9 Å². The fraction of sp³-hybridized carbons (Fsp3) is 0.500. The number of nitrogens with one attached hydrogen (secondary N) is 1. The first kappa shape index (κ1) is 20.0. The summed E-state index contributed by atoms with van der Waals surface area (Å²) in [5.74, 6) is 0.694. The topological polar surface area (TPSA) is 66.7 Å². The van der Waals surface area contributed by atoms with Gasteiger partial charge in [-0.25, -0.2) is 4.98 Å². The molecular weight excluding hydrogens is 388 g/mol. The van der Waals surface area contributed by atoms with Crippen molar-refractivity contribution in [2.45, 2.75) is 51.0 Å². The lowest BCUT2D eigenvalue weighted by atomic mass is 10.0. The van der Waals surface area contributed by atoms with Crippen LogP contribution < -0.4 is 5.32 Å². The highest BCUT2D eigenvalue weighted by Gasteiger charge is 2.24. The van der Waals surface area contributed by atoms with Crippen LogP contribution in [0.2, 0.25) is 5.15 Å². The summed E-state index contributed by atoms with van der Waals surface area (Å²) in [7, 11) is 0. The monoisotopic (exact) mass is 414 g/mol. The summed E-state index contributed by atoms with van der Waals surface area (Å²) in [4.78, 5) is 30.9. The standard InChI is InChI=1S/C22H27ClN4O2/c23-22-18(27-12-4-3-7-19(27)25-22)8-9-21(29)26-13-10-17(11-14-26)24-20(28)15-16-5-1-2-6-16/h3-4,7-9,12,16-17H,1-2,5-6,10-11,13-15H2,(H,24,28)/b9-8+. The van der Waals surface area contributed by atoms with E-state index in [0.717, 1.165) is 18.5 Å². The van der Waals surface area contributed by atoms with Crippen LogP contribution in [0.4, 0.5) is 0 Å². The number of carbonyl (C=O) groups is 2. The molecule has 3 heterocycles. The molecule has 6 nitrogen and oxygen atoms in total. The number of nitrogens with zero attached hydrogens (tertiary/aromatic N) is 3. The Labute approximate surface area is 175 Å². The molecule has 1 saturated carbocycles. The maximum atomic E-state index is 12.6. The molecule has 2 fully saturated rings. The summed E-state index contributed by atoms with van der Waals surface area (Å²) in [5.41, 5.74) is 1.45. The van der Waals surface area contributed by atoms with Gasteiger partial charge in [-0.3, -0.25) is 14.0 Å². The number of hydrogen-bond donors (Lipinski definition) is 1. The van der Waals surface area contributed by atoms with Crippen LogP contribution in [0.15, 0.2) is 30.5 Å². The minimum atomic E-state index is -0.0392. The molecule has 7 heteroatoms. The molecule has 4 rings (SSSR count). The fourth-order valence-corrected chi connectivity index (χ4v) is 4.64. The highest BCUT2D eigenvalue weighted by molar-refractivity contribution is 6.31. The minimum Gasteiger partial charge on any atom is -0.353 e. The predicted octanol–water partition coefficient (Wildman–Crippen LogP) is 3.69. The Morgan fingerprint density at radius 1 is 1.17 bits per heavy atom. The van der Waals surface area contributed by atoms with E-state index in [0.29, 0.717) is 36.3 Å². The lowest BCUT2D eigenvalue weighted by Crippen LogP contribution is -2.46. The van der Waals surface area contributed by atoms with Crippen molar-refractivity contribution >= 4 is 35.1 Å². The average Bonchev–Trinajstić information content (AvgIpc) is 3.33. The van der Waals surface area contributed by atoms with E-state index in [1.165, 1.54) is 25.7 Å². The van der Waals surface area contributed by atoms with Crippen LogP contribution in [0, 0.1) is 5.92 Å². The molecule has 2 aliphatic rings. The second kappa shape index (κ2) is 8.99. The maximum absolute atomic E-state index is 12.6. The Balaban J connectivity index is 1.28. The van der Waals surface area contributed by atoms with Gasteiger partial charge in [0.1, 0.15) is 5.65 Å². The van der Waals surface area contributed by atoms with Gasteiger partial charge in [-0.15, -0.1) is 0 Å². The van der Waals surface area contributed by atoms with E-state index in [4.69, 9.17) is 11.6 Å². The summed E-state index contributed by atoms with van der Waals surface area (Å²) in [5, 5.41) is 3.54. The van der Waals surface area contributed by atoms with Crippen LogP contribution in [0.1, 0.15) is 50.6 Å². The Morgan fingerprint density at radius 3 is 2.69 bits per heavy atom. The number of halogens is 1. The highest BCUT2D eigenvalue weighted by Crippen LogP contribution is 2.27. The molecule has 0 unspecified atom stereocenters. The smallest absolute Gasteiger partial charge is 0.246 e. The molecule has 1 aliphatic carbocycles. The van der Waals surface area contributed by atoms with Gasteiger partial charge in [-0.05, 0) is 49.8 Å². The van der Waals surface area contributed by atoms with E-state index < -0.39 is 0 Å². The van der Waals surface area contributed by atoms with Crippen LogP contribution in [0.5, 0.6) is 0 Å². The van der Waals surface area contributed by atoms with Gasteiger partial charge in [0, 0.05) is 37.8 Å². The molecule has 1 aliphatic heterocycles. The van der Waals surface area contributed by atoms with E-state index in [9.17, 15) is 9.59 Å². The molecule has 1 N–H and O–H groups in total. The average molecular weight is 415 g/mol. The number of aromatic nitrogens is 2. The normalized spacial score (nSPS) is 18.7.